The summed E-state index contributed by atoms with van der Waals surface area (Å²) in [4.78, 5) is 14.5. The number of carboxylic acids is 1. The normalized spacial score (nSPS) is 12.5. The fourth-order valence-corrected chi connectivity index (χ4v) is 1.53. The molecule has 0 aromatic carbocycles. The van der Waals surface area contributed by atoms with Crippen molar-refractivity contribution in [2.75, 3.05) is 0 Å². The second-order valence-electron chi connectivity index (χ2n) is 2.77. The Kier molecular flexibility index (Phi) is 4.03. The molecule has 0 aliphatic carbocycles. The zero-order valence-corrected chi connectivity index (χ0v) is 10.2. The van der Waals surface area contributed by atoms with Gasteiger partial charge in [0.05, 0.1) is 4.47 Å². The number of hydrogen-bond donors (Lipinski definition) is 2. The molecule has 0 fully saturated rings. The maximum Gasteiger partial charge on any atom is 0.320 e. The first-order valence-corrected chi connectivity index (χ1v) is 5.37. The molecule has 0 aliphatic rings. The molecule has 14 heavy (non-hydrogen) atoms. The summed E-state index contributed by atoms with van der Waals surface area (Å²) in [5.41, 5.74) is 6.17. The van der Waals surface area contributed by atoms with Crippen molar-refractivity contribution in [3.63, 3.8) is 0 Å². The van der Waals surface area contributed by atoms with Gasteiger partial charge in [-0.2, -0.15) is 0 Å². The number of halogens is 2. The summed E-state index contributed by atoms with van der Waals surface area (Å²) in [5, 5.41) is 8.60. The van der Waals surface area contributed by atoms with Crippen LogP contribution in [0.4, 0.5) is 0 Å². The highest BCUT2D eigenvalue weighted by atomic mass is 79.9. The van der Waals surface area contributed by atoms with Crippen molar-refractivity contribution in [2.24, 2.45) is 5.73 Å². The van der Waals surface area contributed by atoms with Crippen LogP contribution in [0.3, 0.4) is 0 Å². The number of hydrogen-bond acceptors (Lipinski definition) is 3. The molecule has 1 unspecified atom stereocenters. The average Bonchev–Trinajstić information content (AvgIpc) is 2.11. The van der Waals surface area contributed by atoms with Crippen molar-refractivity contribution in [2.45, 2.75) is 12.5 Å². The minimum absolute atomic E-state index is 0.272. The molecule has 1 atom stereocenters. The summed E-state index contributed by atoms with van der Waals surface area (Å²) in [5.74, 6) is -1.01. The van der Waals surface area contributed by atoms with Gasteiger partial charge in [-0.3, -0.25) is 4.79 Å². The van der Waals surface area contributed by atoms with Crippen LogP contribution in [0.5, 0.6) is 0 Å². The van der Waals surface area contributed by atoms with Crippen LogP contribution in [-0.2, 0) is 11.2 Å². The molecule has 3 N–H and O–H groups in total. The molecule has 1 aromatic heterocycles. The number of carbonyl (C=O) groups is 1. The van der Waals surface area contributed by atoms with E-state index in [1.54, 1.807) is 12.3 Å². The molecule has 6 heteroatoms. The Balaban J connectivity index is 2.78. The van der Waals surface area contributed by atoms with Gasteiger partial charge in [-0.05, 0) is 49.9 Å². The van der Waals surface area contributed by atoms with Crippen molar-refractivity contribution >= 4 is 37.8 Å². The van der Waals surface area contributed by atoms with Gasteiger partial charge in [0.2, 0.25) is 0 Å². The number of rotatable bonds is 3. The van der Waals surface area contributed by atoms with Crippen molar-refractivity contribution in [3.8, 4) is 0 Å². The van der Waals surface area contributed by atoms with Crippen LogP contribution in [0.2, 0.25) is 0 Å². The number of aromatic nitrogens is 1. The highest BCUT2D eigenvalue weighted by Gasteiger charge is 2.12. The van der Waals surface area contributed by atoms with Crippen molar-refractivity contribution in [3.05, 3.63) is 26.9 Å². The minimum Gasteiger partial charge on any atom is -0.480 e. The summed E-state index contributed by atoms with van der Waals surface area (Å²) in [6, 6.07) is 0.907. The van der Waals surface area contributed by atoms with E-state index in [4.69, 9.17) is 10.8 Å². The lowest BCUT2D eigenvalue weighted by molar-refractivity contribution is -0.138. The molecule has 0 saturated carbocycles. The topological polar surface area (TPSA) is 76.2 Å². The van der Waals surface area contributed by atoms with Gasteiger partial charge in [-0.15, -0.1) is 0 Å². The van der Waals surface area contributed by atoms with Gasteiger partial charge in [0.25, 0.3) is 0 Å². The summed E-state index contributed by atoms with van der Waals surface area (Å²) in [6.07, 6.45) is 1.87. The first-order chi connectivity index (χ1) is 6.50. The SMILES string of the molecule is NC(Cc1cnc(Br)c(Br)c1)C(=O)O. The minimum atomic E-state index is -1.01. The number of pyridine rings is 1. The zero-order chi connectivity index (χ0) is 10.7. The zero-order valence-electron chi connectivity index (χ0n) is 7.08. The Bertz CT molecular complexity index is 357. The molecule has 1 rings (SSSR count). The van der Waals surface area contributed by atoms with Gasteiger partial charge in [0.1, 0.15) is 10.6 Å². The Hall–Kier alpha value is -0.460. The number of carboxylic acid groups (broad SMARTS) is 1. The van der Waals surface area contributed by atoms with Crippen LogP contribution in [0.15, 0.2) is 21.3 Å². The Morgan fingerprint density at radius 3 is 2.79 bits per heavy atom. The quantitative estimate of drug-likeness (QED) is 0.828. The molecule has 0 aliphatic heterocycles. The highest BCUT2D eigenvalue weighted by Crippen LogP contribution is 2.21. The third-order valence-corrected chi connectivity index (χ3v) is 3.39. The average molecular weight is 324 g/mol. The molecule has 1 heterocycles. The fourth-order valence-electron chi connectivity index (χ4n) is 0.914. The maximum atomic E-state index is 10.5. The van der Waals surface area contributed by atoms with E-state index in [1.165, 1.54) is 0 Å². The maximum absolute atomic E-state index is 10.5. The predicted molar refractivity (Wildman–Crippen MR) is 59.0 cm³/mol. The Morgan fingerprint density at radius 2 is 2.29 bits per heavy atom. The predicted octanol–water partition coefficient (Wildman–Crippen LogP) is 1.56. The third kappa shape index (κ3) is 3.04. The molecule has 0 amide bonds. The van der Waals surface area contributed by atoms with Crippen LogP contribution < -0.4 is 5.73 Å². The van der Waals surface area contributed by atoms with E-state index in [1.807, 2.05) is 0 Å². The summed E-state index contributed by atoms with van der Waals surface area (Å²) >= 11 is 6.49. The largest absolute Gasteiger partial charge is 0.480 e. The first kappa shape index (κ1) is 11.6. The molecule has 1 aromatic rings. The Morgan fingerprint density at radius 1 is 1.64 bits per heavy atom. The second kappa shape index (κ2) is 4.86. The second-order valence-corrected chi connectivity index (χ2v) is 4.37. The van der Waals surface area contributed by atoms with Gasteiger partial charge >= 0.3 is 5.97 Å². The number of nitrogens with two attached hydrogens (primary N) is 1. The van der Waals surface area contributed by atoms with Crippen LogP contribution in [0, 0.1) is 0 Å². The van der Waals surface area contributed by atoms with E-state index < -0.39 is 12.0 Å². The molecular weight excluding hydrogens is 316 g/mol. The summed E-state index contributed by atoms with van der Waals surface area (Å²) in [7, 11) is 0. The lowest BCUT2D eigenvalue weighted by Crippen LogP contribution is -2.32. The van der Waals surface area contributed by atoms with E-state index in [0.29, 0.717) is 4.60 Å². The van der Waals surface area contributed by atoms with Crippen molar-refractivity contribution in [1.82, 2.24) is 4.98 Å². The lowest BCUT2D eigenvalue weighted by Gasteiger charge is -2.06. The molecule has 4 nitrogen and oxygen atoms in total. The van der Waals surface area contributed by atoms with Crippen LogP contribution in [-0.4, -0.2) is 22.1 Å². The molecule has 0 spiro atoms. The van der Waals surface area contributed by atoms with Crippen molar-refractivity contribution in [1.29, 1.82) is 0 Å². The molecule has 0 bridgehead atoms. The number of aliphatic carboxylic acids is 1. The number of nitrogens with zero attached hydrogens (tertiary/aromatic N) is 1. The highest BCUT2D eigenvalue weighted by molar-refractivity contribution is 9.13. The van der Waals surface area contributed by atoms with Gasteiger partial charge in [0, 0.05) is 6.20 Å². The molecule has 0 saturated heterocycles. The van der Waals surface area contributed by atoms with Crippen LogP contribution in [0.1, 0.15) is 5.56 Å². The lowest BCUT2D eigenvalue weighted by atomic mass is 10.1. The van der Waals surface area contributed by atoms with E-state index in [-0.39, 0.29) is 6.42 Å². The van der Waals surface area contributed by atoms with Gasteiger partial charge in [0.15, 0.2) is 0 Å². The van der Waals surface area contributed by atoms with E-state index in [2.05, 4.69) is 36.8 Å². The summed E-state index contributed by atoms with van der Waals surface area (Å²) in [6.45, 7) is 0. The summed E-state index contributed by atoms with van der Waals surface area (Å²) < 4.78 is 1.47. The van der Waals surface area contributed by atoms with Crippen molar-refractivity contribution < 1.29 is 9.90 Å². The van der Waals surface area contributed by atoms with Gasteiger partial charge in [-0.1, -0.05) is 0 Å². The van der Waals surface area contributed by atoms with Crippen LogP contribution >= 0.6 is 31.9 Å². The van der Waals surface area contributed by atoms with Crippen LogP contribution in [0.25, 0.3) is 0 Å². The fraction of sp³-hybridized carbons (Fsp3) is 0.250. The molecule has 0 radical (unpaired) electrons. The standard InChI is InChI=1S/C8H8Br2N2O2/c9-5-1-4(3-12-7(5)10)2-6(11)8(13)14/h1,3,6H,2,11H2,(H,13,14). The van der Waals surface area contributed by atoms with Gasteiger partial charge in [-0.25, -0.2) is 4.98 Å². The Labute approximate surface area is 97.8 Å². The van der Waals surface area contributed by atoms with E-state index >= 15 is 0 Å². The third-order valence-electron chi connectivity index (χ3n) is 1.63. The first-order valence-electron chi connectivity index (χ1n) is 3.79. The monoisotopic (exact) mass is 322 g/mol. The molecular formula is C8H8Br2N2O2. The van der Waals surface area contributed by atoms with E-state index in [0.717, 1.165) is 10.0 Å². The van der Waals surface area contributed by atoms with E-state index in [9.17, 15) is 4.79 Å². The smallest absolute Gasteiger partial charge is 0.320 e. The van der Waals surface area contributed by atoms with Gasteiger partial charge < -0.3 is 10.8 Å². The molecule has 76 valence electrons.